The molecule has 6 heteroatoms. The molecule has 0 aromatic heterocycles. The van der Waals surface area contributed by atoms with Crippen molar-refractivity contribution < 1.29 is 14.3 Å². The van der Waals surface area contributed by atoms with E-state index in [1.54, 1.807) is 29.2 Å². The maximum Gasteiger partial charge on any atom is 0.260 e. The largest absolute Gasteiger partial charge is 0.484 e. The normalized spacial score (nSPS) is 13.2. The smallest absolute Gasteiger partial charge is 0.260 e. The third-order valence-corrected chi connectivity index (χ3v) is 5.18. The minimum atomic E-state index is -0.195. The maximum absolute atomic E-state index is 12.9. The van der Waals surface area contributed by atoms with E-state index < -0.39 is 0 Å². The van der Waals surface area contributed by atoms with Crippen molar-refractivity contribution in [3.8, 4) is 5.75 Å². The van der Waals surface area contributed by atoms with Gasteiger partial charge in [-0.3, -0.25) is 9.59 Å². The summed E-state index contributed by atoms with van der Waals surface area (Å²) in [7, 11) is 0. The summed E-state index contributed by atoms with van der Waals surface area (Å²) in [6, 6.07) is 15.1. The molecule has 0 atom stereocenters. The molecule has 0 bridgehead atoms. The van der Waals surface area contributed by atoms with Crippen LogP contribution in [0.25, 0.3) is 0 Å². The number of fused-ring (bicyclic) bond motifs is 1. The van der Waals surface area contributed by atoms with Crippen molar-refractivity contribution in [1.29, 1.82) is 0 Å². The van der Waals surface area contributed by atoms with E-state index in [1.165, 1.54) is 11.1 Å². The van der Waals surface area contributed by atoms with Gasteiger partial charge in [0.1, 0.15) is 5.75 Å². The third-order valence-electron chi connectivity index (χ3n) is 4.92. The highest BCUT2D eigenvalue weighted by Gasteiger charge is 2.25. The van der Waals surface area contributed by atoms with Crippen molar-refractivity contribution in [2.45, 2.75) is 26.8 Å². The average Bonchev–Trinajstić information content (AvgIpc) is 2.72. The van der Waals surface area contributed by atoms with Crippen LogP contribution in [0, 0.1) is 5.92 Å². The van der Waals surface area contributed by atoms with Crippen LogP contribution in [0.1, 0.15) is 25.0 Å². The molecule has 0 fully saturated rings. The zero-order valence-electron chi connectivity index (χ0n) is 16.9. The third kappa shape index (κ3) is 5.97. The summed E-state index contributed by atoms with van der Waals surface area (Å²) in [6.07, 6.45) is 0.847. The number of halogens is 1. The molecule has 29 heavy (non-hydrogen) atoms. The van der Waals surface area contributed by atoms with Gasteiger partial charge in [-0.15, -0.1) is 0 Å². The summed E-state index contributed by atoms with van der Waals surface area (Å²) < 4.78 is 5.58. The molecule has 0 radical (unpaired) electrons. The highest BCUT2D eigenvalue weighted by atomic mass is 35.5. The van der Waals surface area contributed by atoms with Gasteiger partial charge in [-0.2, -0.15) is 0 Å². The highest BCUT2D eigenvalue weighted by Crippen LogP contribution is 2.19. The van der Waals surface area contributed by atoms with E-state index >= 15 is 0 Å². The fourth-order valence-corrected chi connectivity index (χ4v) is 3.56. The molecule has 5 nitrogen and oxygen atoms in total. The fraction of sp³-hybridized carbons (Fsp3) is 0.391. The summed E-state index contributed by atoms with van der Waals surface area (Å²) in [4.78, 5) is 29.1. The molecule has 1 aliphatic rings. The molecule has 2 aromatic rings. The molecule has 0 saturated heterocycles. The van der Waals surface area contributed by atoms with Crippen LogP contribution in [0.2, 0.25) is 5.02 Å². The number of amides is 2. The second kappa shape index (κ2) is 9.79. The lowest BCUT2D eigenvalue weighted by molar-refractivity contribution is -0.142. The Bertz CT molecular complexity index is 851. The van der Waals surface area contributed by atoms with Crippen LogP contribution < -0.4 is 4.74 Å². The molecule has 154 valence electrons. The Balaban J connectivity index is 1.60. The molecule has 0 N–H and O–H groups in total. The van der Waals surface area contributed by atoms with E-state index in [0.29, 0.717) is 30.4 Å². The lowest BCUT2D eigenvalue weighted by atomic mass is 10.00. The lowest BCUT2D eigenvalue weighted by Crippen LogP contribution is -2.46. The van der Waals surface area contributed by atoms with E-state index in [0.717, 1.165) is 6.42 Å². The minimum absolute atomic E-state index is 0.0278. The van der Waals surface area contributed by atoms with Crippen LogP contribution >= 0.6 is 11.6 Å². The fourth-order valence-electron chi connectivity index (χ4n) is 3.43. The van der Waals surface area contributed by atoms with Gasteiger partial charge in [-0.25, -0.2) is 0 Å². The topological polar surface area (TPSA) is 49.9 Å². The molecule has 1 aliphatic heterocycles. The van der Waals surface area contributed by atoms with Crippen LogP contribution in [0.4, 0.5) is 0 Å². The van der Waals surface area contributed by atoms with Crippen molar-refractivity contribution in [1.82, 2.24) is 9.80 Å². The number of hydrogen-bond acceptors (Lipinski definition) is 3. The van der Waals surface area contributed by atoms with Gasteiger partial charge < -0.3 is 14.5 Å². The first kappa shape index (κ1) is 21.2. The van der Waals surface area contributed by atoms with Crippen LogP contribution in [0.15, 0.2) is 48.5 Å². The molecule has 0 saturated carbocycles. The number of carbonyl (C=O) groups is 2. The van der Waals surface area contributed by atoms with E-state index in [4.69, 9.17) is 16.3 Å². The highest BCUT2D eigenvalue weighted by molar-refractivity contribution is 6.30. The number of carbonyl (C=O) groups excluding carboxylic acids is 2. The Morgan fingerprint density at radius 2 is 1.79 bits per heavy atom. The Morgan fingerprint density at radius 1 is 1.10 bits per heavy atom. The van der Waals surface area contributed by atoms with Gasteiger partial charge in [-0.05, 0) is 47.7 Å². The molecular weight excluding hydrogens is 388 g/mol. The van der Waals surface area contributed by atoms with Crippen molar-refractivity contribution in [2.75, 3.05) is 26.2 Å². The maximum atomic E-state index is 12.9. The molecule has 0 unspecified atom stereocenters. The Morgan fingerprint density at radius 3 is 2.48 bits per heavy atom. The second-order valence-corrected chi connectivity index (χ2v) is 8.18. The molecule has 2 amide bonds. The first-order valence-electron chi connectivity index (χ1n) is 9.93. The summed E-state index contributed by atoms with van der Waals surface area (Å²) in [6.45, 7) is 5.82. The van der Waals surface area contributed by atoms with E-state index in [2.05, 4.69) is 12.1 Å². The van der Waals surface area contributed by atoms with Gasteiger partial charge in [0.25, 0.3) is 5.91 Å². The van der Waals surface area contributed by atoms with Gasteiger partial charge in [0.15, 0.2) is 6.61 Å². The lowest BCUT2D eigenvalue weighted by Gasteiger charge is -2.32. The van der Waals surface area contributed by atoms with Gasteiger partial charge in [0.2, 0.25) is 5.91 Å². The van der Waals surface area contributed by atoms with Crippen LogP contribution in [-0.2, 0) is 22.6 Å². The molecule has 1 heterocycles. The first-order valence-corrected chi connectivity index (χ1v) is 10.3. The number of rotatable bonds is 7. The van der Waals surface area contributed by atoms with Crippen LogP contribution in [0.3, 0.4) is 0 Å². The molecule has 2 aromatic carbocycles. The van der Waals surface area contributed by atoms with Crippen molar-refractivity contribution >= 4 is 23.4 Å². The Hall–Kier alpha value is -2.53. The van der Waals surface area contributed by atoms with E-state index in [1.807, 2.05) is 30.9 Å². The number of nitrogens with zero attached hydrogens (tertiary/aromatic N) is 2. The summed E-state index contributed by atoms with van der Waals surface area (Å²) in [5.74, 6) is 0.606. The number of hydrogen-bond donors (Lipinski definition) is 0. The summed E-state index contributed by atoms with van der Waals surface area (Å²) >= 11 is 5.87. The number of benzene rings is 2. The number of ether oxygens (including phenoxy) is 1. The second-order valence-electron chi connectivity index (χ2n) is 7.74. The average molecular weight is 415 g/mol. The quantitative estimate of drug-likeness (QED) is 0.692. The minimum Gasteiger partial charge on any atom is -0.484 e. The standard InChI is InChI=1S/C23H27ClN2O3/c1-17(2)13-26(23(28)16-29-21-9-7-20(24)8-10-21)15-22(27)25-12-11-18-5-3-4-6-19(18)14-25/h3-10,17H,11-16H2,1-2H3. The van der Waals surface area contributed by atoms with Gasteiger partial charge in [0, 0.05) is 24.7 Å². The van der Waals surface area contributed by atoms with Crippen LogP contribution in [0.5, 0.6) is 5.75 Å². The zero-order valence-corrected chi connectivity index (χ0v) is 17.7. The molecular formula is C23H27ClN2O3. The van der Waals surface area contributed by atoms with Gasteiger partial charge >= 0.3 is 0 Å². The van der Waals surface area contributed by atoms with Crippen molar-refractivity contribution in [3.63, 3.8) is 0 Å². The van der Waals surface area contributed by atoms with Gasteiger partial charge in [0.05, 0.1) is 6.54 Å². The summed E-state index contributed by atoms with van der Waals surface area (Å²) in [5.41, 5.74) is 2.47. The molecule has 0 spiro atoms. The SMILES string of the molecule is CC(C)CN(CC(=O)N1CCc2ccccc2C1)C(=O)COc1ccc(Cl)cc1. The first-order chi connectivity index (χ1) is 13.9. The summed E-state index contributed by atoms with van der Waals surface area (Å²) in [5, 5.41) is 0.610. The monoisotopic (exact) mass is 414 g/mol. The molecule has 3 rings (SSSR count). The van der Waals surface area contributed by atoms with Crippen molar-refractivity contribution in [2.24, 2.45) is 5.92 Å². The predicted molar refractivity (Wildman–Crippen MR) is 114 cm³/mol. The Kier molecular flexibility index (Phi) is 7.15. The van der Waals surface area contributed by atoms with E-state index in [9.17, 15) is 9.59 Å². The van der Waals surface area contributed by atoms with Gasteiger partial charge in [-0.1, -0.05) is 49.7 Å². The zero-order chi connectivity index (χ0) is 20.8. The van der Waals surface area contributed by atoms with E-state index in [-0.39, 0.29) is 30.9 Å². The Labute approximate surface area is 177 Å². The molecule has 0 aliphatic carbocycles. The predicted octanol–water partition coefficient (Wildman–Crippen LogP) is 3.79. The van der Waals surface area contributed by atoms with Crippen molar-refractivity contribution in [3.05, 3.63) is 64.7 Å². The van der Waals surface area contributed by atoms with Crippen LogP contribution in [-0.4, -0.2) is 47.9 Å².